The van der Waals surface area contributed by atoms with Crippen molar-refractivity contribution in [2.45, 2.75) is 12.5 Å². The van der Waals surface area contributed by atoms with Crippen LogP contribution in [-0.2, 0) is 13.5 Å². The summed E-state index contributed by atoms with van der Waals surface area (Å²) in [6.07, 6.45) is 2.18. The number of halogens is 2. The maximum Gasteiger partial charge on any atom is 0.126 e. The van der Waals surface area contributed by atoms with Gasteiger partial charge in [0.15, 0.2) is 0 Å². The van der Waals surface area contributed by atoms with Gasteiger partial charge in [-0.05, 0) is 30.2 Å². The molecule has 0 saturated heterocycles. The van der Waals surface area contributed by atoms with Crippen LogP contribution in [0.2, 0.25) is 0 Å². The summed E-state index contributed by atoms with van der Waals surface area (Å²) in [5.41, 5.74) is 10.2. The molecule has 0 aliphatic rings. The Morgan fingerprint density at radius 3 is 2.74 bits per heavy atom. The highest BCUT2D eigenvalue weighted by molar-refractivity contribution is 9.10. The van der Waals surface area contributed by atoms with Crippen molar-refractivity contribution in [2.24, 2.45) is 12.9 Å². The molecule has 102 valence electrons. The molecule has 0 fully saturated rings. The minimum absolute atomic E-state index is 0.220. The number of nitrogens with one attached hydrogen (secondary N) is 1. The standard InChI is InChI=1S/C12H15BrFN5/c1-19-12(15)10(6-17-19)11(18-16)4-7-2-8(13)5-9(14)3-7/h2-3,5-6,11,18H,4,15-16H2,1H3. The van der Waals surface area contributed by atoms with E-state index in [1.165, 1.54) is 12.1 Å². The number of hydrazine groups is 1. The molecule has 0 spiro atoms. The maximum atomic E-state index is 13.3. The first-order valence-electron chi connectivity index (χ1n) is 5.69. The van der Waals surface area contributed by atoms with Gasteiger partial charge in [-0.15, -0.1) is 0 Å². The first kappa shape index (κ1) is 14.0. The lowest BCUT2D eigenvalue weighted by molar-refractivity contribution is 0.549. The lowest BCUT2D eigenvalue weighted by Crippen LogP contribution is -2.30. The molecule has 0 bridgehead atoms. The topological polar surface area (TPSA) is 81.9 Å². The fraction of sp³-hybridized carbons (Fsp3) is 0.250. The van der Waals surface area contributed by atoms with E-state index in [2.05, 4.69) is 26.5 Å². The first-order valence-corrected chi connectivity index (χ1v) is 6.49. The summed E-state index contributed by atoms with van der Waals surface area (Å²) in [7, 11) is 1.76. The van der Waals surface area contributed by atoms with Crippen molar-refractivity contribution in [3.8, 4) is 0 Å². The summed E-state index contributed by atoms with van der Waals surface area (Å²) in [5, 5.41) is 4.07. The average molecular weight is 328 g/mol. The highest BCUT2D eigenvalue weighted by Gasteiger charge is 2.17. The van der Waals surface area contributed by atoms with Gasteiger partial charge in [0, 0.05) is 17.1 Å². The quantitative estimate of drug-likeness (QED) is 0.589. The van der Waals surface area contributed by atoms with Gasteiger partial charge in [0.1, 0.15) is 11.6 Å². The Kier molecular flexibility index (Phi) is 4.18. The molecule has 5 N–H and O–H groups in total. The van der Waals surface area contributed by atoms with Gasteiger partial charge in [0.2, 0.25) is 0 Å². The van der Waals surface area contributed by atoms with E-state index in [1.54, 1.807) is 17.9 Å². The molecule has 0 amide bonds. The predicted octanol–water partition coefficient (Wildman–Crippen LogP) is 1.65. The molecule has 7 heteroatoms. The van der Waals surface area contributed by atoms with Gasteiger partial charge in [0.25, 0.3) is 0 Å². The van der Waals surface area contributed by atoms with Crippen molar-refractivity contribution in [3.63, 3.8) is 0 Å². The number of hydrogen-bond acceptors (Lipinski definition) is 4. The van der Waals surface area contributed by atoms with Crippen molar-refractivity contribution in [3.05, 3.63) is 45.8 Å². The fourth-order valence-corrected chi connectivity index (χ4v) is 2.47. The molecule has 5 nitrogen and oxygen atoms in total. The first-order chi connectivity index (χ1) is 9.01. The lowest BCUT2D eigenvalue weighted by atomic mass is 10.0. The highest BCUT2D eigenvalue weighted by Crippen LogP contribution is 2.24. The highest BCUT2D eigenvalue weighted by atomic mass is 79.9. The van der Waals surface area contributed by atoms with Gasteiger partial charge >= 0.3 is 0 Å². The molecule has 0 aliphatic heterocycles. The minimum atomic E-state index is -0.292. The van der Waals surface area contributed by atoms with E-state index in [1.807, 2.05) is 6.07 Å². The molecule has 1 unspecified atom stereocenters. The van der Waals surface area contributed by atoms with Gasteiger partial charge in [-0.3, -0.25) is 16.0 Å². The van der Waals surface area contributed by atoms with Crippen LogP contribution in [0.1, 0.15) is 17.2 Å². The zero-order valence-electron chi connectivity index (χ0n) is 10.4. The van der Waals surface area contributed by atoms with Crippen LogP contribution in [-0.4, -0.2) is 9.78 Å². The van der Waals surface area contributed by atoms with Crippen LogP contribution in [0, 0.1) is 5.82 Å². The number of rotatable bonds is 4. The third kappa shape index (κ3) is 3.12. The van der Waals surface area contributed by atoms with E-state index in [4.69, 9.17) is 11.6 Å². The van der Waals surface area contributed by atoms with E-state index >= 15 is 0 Å². The summed E-state index contributed by atoms with van der Waals surface area (Å²) in [6, 6.07) is 4.51. The van der Waals surface area contributed by atoms with Gasteiger partial charge in [-0.1, -0.05) is 15.9 Å². The Hall–Kier alpha value is -1.44. The summed E-state index contributed by atoms with van der Waals surface area (Å²) >= 11 is 3.27. The molecular weight excluding hydrogens is 313 g/mol. The normalized spacial score (nSPS) is 12.6. The number of anilines is 1. The summed E-state index contributed by atoms with van der Waals surface area (Å²) in [5.74, 6) is 5.81. The number of aryl methyl sites for hydroxylation is 1. The van der Waals surface area contributed by atoms with Crippen LogP contribution in [0.5, 0.6) is 0 Å². The summed E-state index contributed by atoms with van der Waals surface area (Å²) in [6.45, 7) is 0. The van der Waals surface area contributed by atoms with E-state index in [0.29, 0.717) is 16.7 Å². The average Bonchev–Trinajstić information content (AvgIpc) is 2.66. The maximum absolute atomic E-state index is 13.3. The number of nitrogen functional groups attached to an aromatic ring is 1. The SMILES string of the molecule is Cn1ncc(C(Cc2cc(F)cc(Br)c2)NN)c1N. The summed E-state index contributed by atoms with van der Waals surface area (Å²) in [4.78, 5) is 0. The second-order valence-corrected chi connectivity index (χ2v) is 5.23. The van der Waals surface area contributed by atoms with Crippen molar-refractivity contribution in [1.29, 1.82) is 0 Å². The molecule has 0 radical (unpaired) electrons. The Morgan fingerprint density at radius 2 is 2.21 bits per heavy atom. The molecule has 1 heterocycles. The van der Waals surface area contributed by atoms with Gasteiger partial charge < -0.3 is 5.73 Å². The molecule has 19 heavy (non-hydrogen) atoms. The van der Waals surface area contributed by atoms with Crippen LogP contribution >= 0.6 is 15.9 Å². The lowest BCUT2D eigenvalue weighted by Gasteiger charge is -2.15. The largest absolute Gasteiger partial charge is 0.384 e. The Bertz CT molecular complexity index is 563. The molecule has 2 aromatic rings. The van der Waals surface area contributed by atoms with Crippen molar-refractivity contribution in [2.75, 3.05) is 5.73 Å². The third-order valence-electron chi connectivity index (χ3n) is 2.95. The van der Waals surface area contributed by atoms with Crippen molar-refractivity contribution >= 4 is 21.7 Å². The molecule has 1 aromatic heterocycles. The van der Waals surface area contributed by atoms with Crippen molar-refractivity contribution < 1.29 is 4.39 Å². The zero-order chi connectivity index (χ0) is 14.0. The molecule has 1 aromatic carbocycles. The number of nitrogens with zero attached hydrogens (tertiary/aromatic N) is 2. The number of nitrogens with two attached hydrogens (primary N) is 2. The smallest absolute Gasteiger partial charge is 0.126 e. The van der Waals surface area contributed by atoms with Crippen LogP contribution in [0.15, 0.2) is 28.9 Å². The number of benzene rings is 1. The van der Waals surface area contributed by atoms with Crippen LogP contribution in [0.3, 0.4) is 0 Å². The monoisotopic (exact) mass is 327 g/mol. The van der Waals surface area contributed by atoms with E-state index < -0.39 is 0 Å². The van der Waals surface area contributed by atoms with E-state index in [9.17, 15) is 4.39 Å². The van der Waals surface area contributed by atoms with Crippen LogP contribution < -0.4 is 17.0 Å². The predicted molar refractivity (Wildman–Crippen MR) is 75.5 cm³/mol. The van der Waals surface area contributed by atoms with Gasteiger partial charge in [-0.2, -0.15) is 5.10 Å². The second kappa shape index (κ2) is 5.68. The molecule has 0 saturated carbocycles. The fourth-order valence-electron chi connectivity index (χ4n) is 1.96. The van der Waals surface area contributed by atoms with Crippen molar-refractivity contribution in [1.82, 2.24) is 15.2 Å². The van der Waals surface area contributed by atoms with Gasteiger partial charge in [0.05, 0.1) is 12.2 Å². The molecule has 1 atom stereocenters. The Morgan fingerprint density at radius 1 is 1.47 bits per heavy atom. The minimum Gasteiger partial charge on any atom is -0.384 e. The van der Waals surface area contributed by atoms with Crippen LogP contribution in [0.4, 0.5) is 10.2 Å². The Labute approximate surface area is 118 Å². The Balaban J connectivity index is 2.26. The second-order valence-electron chi connectivity index (χ2n) is 4.31. The zero-order valence-corrected chi connectivity index (χ0v) is 12.0. The number of aromatic nitrogens is 2. The third-order valence-corrected chi connectivity index (χ3v) is 3.41. The summed E-state index contributed by atoms with van der Waals surface area (Å²) < 4.78 is 15.6. The van der Waals surface area contributed by atoms with E-state index in [-0.39, 0.29) is 11.9 Å². The number of hydrogen-bond donors (Lipinski definition) is 3. The molecule has 2 rings (SSSR count). The van der Waals surface area contributed by atoms with E-state index in [0.717, 1.165) is 11.1 Å². The van der Waals surface area contributed by atoms with Crippen LogP contribution in [0.25, 0.3) is 0 Å². The van der Waals surface area contributed by atoms with Gasteiger partial charge in [-0.25, -0.2) is 4.39 Å². The molecular formula is C12H15BrFN5. The molecule has 0 aliphatic carbocycles.